The molecule has 2 aromatic heterocycles. The van der Waals surface area contributed by atoms with E-state index in [9.17, 15) is 14.0 Å². The second-order valence-corrected chi connectivity index (χ2v) is 7.70. The van der Waals surface area contributed by atoms with E-state index in [-0.39, 0.29) is 30.2 Å². The van der Waals surface area contributed by atoms with Crippen molar-refractivity contribution in [2.75, 3.05) is 13.1 Å². The third-order valence-electron chi connectivity index (χ3n) is 4.28. The lowest BCUT2D eigenvalue weighted by molar-refractivity contribution is 0.00814. The van der Waals surface area contributed by atoms with Crippen LogP contribution in [0, 0.1) is 5.82 Å². The molecular formula is C20H23FN4O3. The Balaban J connectivity index is 1.57. The summed E-state index contributed by atoms with van der Waals surface area (Å²) < 4.78 is 18.9. The zero-order chi connectivity index (χ0) is 20.3. The highest BCUT2D eigenvalue weighted by Gasteiger charge is 2.34. The summed E-state index contributed by atoms with van der Waals surface area (Å²) >= 11 is 0. The van der Waals surface area contributed by atoms with E-state index < -0.39 is 11.4 Å². The number of rotatable bonds is 4. The van der Waals surface area contributed by atoms with Crippen molar-refractivity contribution in [1.82, 2.24) is 20.2 Å². The second kappa shape index (κ2) is 7.92. The van der Waals surface area contributed by atoms with Gasteiger partial charge in [-0.2, -0.15) is 0 Å². The molecular weight excluding hydrogens is 363 g/mol. The topological polar surface area (TPSA) is 84.4 Å². The van der Waals surface area contributed by atoms with Crippen molar-refractivity contribution in [3.05, 3.63) is 59.4 Å². The number of pyridine rings is 2. The van der Waals surface area contributed by atoms with E-state index in [1.165, 1.54) is 24.5 Å². The summed E-state index contributed by atoms with van der Waals surface area (Å²) in [6, 6.07) is 4.53. The molecule has 28 heavy (non-hydrogen) atoms. The fourth-order valence-corrected chi connectivity index (χ4v) is 2.78. The molecule has 3 heterocycles. The Bertz CT molecular complexity index is 876. The van der Waals surface area contributed by atoms with Crippen molar-refractivity contribution < 1.29 is 18.7 Å². The number of carbonyl (C=O) groups is 2. The number of nitrogens with one attached hydrogen (secondary N) is 1. The summed E-state index contributed by atoms with van der Waals surface area (Å²) in [5.41, 5.74) is 0.891. The molecule has 1 aliphatic heterocycles. The number of halogens is 1. The largest absolute Gasteiger partial charge is 0.444 e. The van der Waals surface area contributed by atoms with Crippen LogP contribution in [0.1, 0.15) is 48.3 Å². The highest BCUT2D eigenvalue weighted by Crippen LogP contribution is 2.28. The van der Waals surface area contributed by atoms with Gasteiger partial charge in [0.25, 0.3) is 5.91 Å². The highest BCUT2D eigenvalue weighted by molar-refractivity contribution is 5.94. The van der Waals surface area contributed by atoms with Crippen LogP contribution >= 0.6 is 0 Å². The van der Waals surface area contributed by atoms with Crippen LogP contribution in [0.4, 0.5) is 9.18 Å². The molecule has 0 atom stereocenters. The maximum Gasteiger partial charge on any atom is 0.410 e. The molecule has 148 valence electrons. The lowest BCUT2D eigenvalue weighted by Crippen LogP contribution is -2.50. The standard InChI is InChI=1S/C20H23FN4O3/c1-20(2,3)28-19(27)25-11-15(12-25)13-7-14(9-22-8-13)18(26)24-10-17-16(21)5-4-6-23-17/h4-9,15H,10-12H2,1-3H3,(H,24,26). The molecule has 7 nitrogen and oxygen atoms in total. The molecule has 0 bridgehead atoms. The second-order valence-electron chi connectivity index (χ2n) is 7.70. The number of likely N-dealkylation sites (tertiary alicyclic amines) is 1. The Morgan fingerprint density at radius 1 is 1.32 bits per heavy atom. The number of aromatic nitrogens is 2. The molecule has 0 radical (unpaired) electrons. The van der Waals surface area contributed by atoms with Gasteiger partial charge in [0.05, 0.1) is 17.8 Å². The van der Waals surface area contributed by atoms with E-state index >= 15 is 0 Å². The zero-order valence-corrected chi connectivity index (χ0v) is 16.1. The number of carbonyl (C=O) groups excluding carboxylic acids is 2. The summed E-state index contributed by atoms with van der Waals surface area (Å²) in [5.74, 6) is -0.727. The molecule has 3 rings (SSSR count). The smallest absolute Gasteiger partial charge is 0.410 e. The van der Waals surface area contributed by atoms with Crippen molar-refractivity contribution in [2.24, 2.45) is 0 Å². The average Bonchev–Trinajstić information content (AvgIpc) is 2.58. The minimum absolute atomic E-state index is 0.00835. The molecule has 0 aliphatic carbocycles. The van der Waals surface area contributed by atoms with Crippen molar-refractivity contribution in [2.45, 2.75) is 38.8 Å². The lowest BCUT2D eigenvalue weighted by atomic mass is 9.92. The molecule has 0 spiro atoms. The van der Waals surface area contributed by atoms with Crippen LogP contribution in [0.2, 0.25) is 0 Å². The van der Waals surface area contributed by atoms with Gasteiger partial charge in [-0.05, 0) is 44.5 Å². The number of amides is 2. The van der Waals surface area contributed by atoms with Crippen molar-refractivity contribution >= 4 is 12.0 Å². The molecule has 2 aromatic rings. The Morgan fingerprint density at radius 3 is 2.75 bits per heavy atom. The lowest BCUT2D eigenvalue weighted by Gasteiger charge is -2.39. The average molecular weight is 386 g/mol. The fourth-order valence-electron chi connectivity index (χ4n) is 2.78. The van der Waals surface area contributed by atoms with E-state index in [1.54, 1.807) is 17.2 Å². The third kappa shape index (κ3) is 4.82. The summed E-state index contributed by atoms with van der Waals surface area (Å²) in [4.78, 5) is 34.0. The molecule has 1 N–H and O–H groups in total. The summed E-state index contributed by atoms with van der Waals surface area (Å²) in [6.07, 6.45) is 4.27. The number of ether oxygens (including phenoxy) is 1. The monoisotopic (exact) mass is 386 g/mol. The molecule has 0 aromatic carbocycles. The van der Waals surface area contributed by atoms with Gasteiger partial charge in [0.15, 0.2) is 0 Å². The minimum atomic E-state index is -0.533. The van der Waals surface area contributed by atoms with Crippen LogP contribution < -0.4 is 5.32 Å². The van der Waals surface area contributed by atoms with Crippen LogP contribution in [0.5, 0.6) is 0 Å². The van der Waals surface area contributed by atoms with Gasteiger partial charge >= 0.3 is 6.09 Å². The van der Waals surface area contributed by atoms with Gasteiger partial charge in [-0.1, -0.05) is 0 Å². The zero-order valence-electron chi connectivity index (χ0n) is 16.1. The first kappa shape index (κ1) is 19.7. The Morgan fingerprint density at radius 2 is 2.07 bits per heavy atom. The Hall–Kier alpha value is -3.03. The van der Waals surface area contributed by atoms with Gasteiger partial charge in [0, 0.05) is 37.6 Å². The normalized spacial score (nSPS) is 14.4. The van der Waals surface area contributed by atoms with E-state index in [4.69, 9.17) is 4.74 Å². The van der Waals surface area contributed by atoms with Gasteiger partial charge in [-0.3, -0.25) is 14.8 Å². The van der Waals surface area contributed by atoms with Crippen molar-refractivity contribution in [3.63, 3.8) is 0 Å². The molecule has 0 saturated carbocycles. The maximum absolute atomic E-state index is 13.6. The van der Waals surface area contributed by atoms with Crippen molar-refractivity contribution in [3.8, 4) is 0 Å². The third-order valence-corrected chi connectivity index (χ3v) is 4.28. The summed E-state index contributed by atoms with van der Waals surface area (Å²) in [6.45, 7) is 6.49. The molecule has 2 amide bonds. The SMILES string of the molecule is CC(C)(C)OC(=O)N1CC(c2cncc(C(=O)NCc3ncccc3F)c2)C1. The van der Waals surface area contributed by atoms with Crippen molar-refractivity contribution in [1.29, 1.82) is 0 Å². The van der Waals surface area contributed by atoms with Crippen LogP contribution in [-0.4, -0.2) is 45.6 Å². The van der Waals surface area contributed by atoms with E-state index in [1.807, 2.05) is 20.8 Å². The molecule has 8 heteroatoms. The number of hydrogen-bond acceptors (Lipinski definition) is 5. The summed E-state index contributed by atoms with van der Waals surface area (Å²) in [7, 11) is 0. The van der Waals surface area contributed by atoms with Gasteiger partial charge in [-0.15, -0.1) is 0 Å². The van der Waals surface area contributed by atoms with Gasteiger partial charge in [0.1, 0.15) is 11.4 Å². The molecule has 1 aliphatic rings. The first-order valence-corrected chi connectivity index (χ1v) is 9.03. The molecule has 1 saturated heterocycles. The quantitative estimate of drug-likeness (QED) is 0.873. The number of nitrogens with zero attached hydrogens (tertiary/aromatic N) is 3. The predicted molar refractivity (Wildman–Crippen MR) is 100 cm³/mol. The van der Waals surface area contributed by atoms with Gasteiger partial charge < -0.3 is 15.0 Å². The van der Waals surface area contributed by atoms with E-state index in [0.29, 0.717) is 18.7 Å². The summed E-state index contributed by atoms with van der Waals surface area (Å²) in [5, 5.41) is 2.65. The first-order chi connectivity index (χ1) is 13.2. The predicted octanol–water partition coefficient (Wildman–Crippen LogP) is 2.88. The molecule has 1 fully saturated rings. The highest BCUT2D eigenvalue weighted by atomic mass is 19.1. The minimum Gasteiger partial charge on any atom is -0.444 e. The number of hydrogen-bond donors (Lipinski definition) is 1. The van der Waals surface area contributed by atoms with Gasteiger partial charge in [-0.25, -0.2) is 9.18 Å². The van der Waals surface area contributed by atoms with E-state index in [2.05, 4.69) is 15.3 Å². The Labute approximate surface area is 162 Å². The first-order valence-electron chi connectivity index (χ1n) is 9.03. The fraction of sp³-hybridized carbons (Fsp3) is 0.400. The van der Waals surface area contributed by atoms with Crippen LogP contribution in [-0.2, 0) is 11.3 Å². The maximum atomic E-state index is 13.6. The van der Waals surface area contributed by atoms with Crippen LogP contribution in [0.15, 0.2) is 36.8 Å². The van der Waals surface area contributed by atoms with E-state index in [0.717, 1.165) is 5.56 Å². The van der Waals surface area contributed by atoms with Crippen LogP contribution in [0.3, 0.4) is 0 Å². The molecule has 0 unspecified atom stereocenters. The van der Waals surface area contributed by atoms with Gasteiger partial charge in [0.2, 0.25) is 0 Å². The van der Waals surface area contributed by atoms with Crippen LogP contribution in [0.25, 0.3) is 0 Å². The Kier molecular flexibility index (Phi) is 5.58.